The molecule has 8 heteroatoms. The molecule has 1 aromatic carbocycles. The van der Waals surface area contributed by atoms with Crippen LogP contribution in [0, 0.1) is 0 Å². The van der Waals surface area contributed by atoms with Crippen molar-refractivity contribution >= 4 is 40.0 Å². The molecule has 0 spiro atoms. The Hall–Kier alpha value is -2.31. The number of carbonyl (C=O) groups excluding carboxylic acids is 1. The van der Waals surface area contributed by atoms with Gasteiger partial charge in [-0.1, -0.05) is 46.2 Å². The van der Waals surface area contributed by atoms with Crippen LogP contribution in [0.25, 0.3) is 10.9 Å². The van der Waals surface area contributed by atoms with Crippen molar-refractivity contribution in [1.29, 1.82) is 0 Å². The molecule has 118 valence electrons. The second-order valence-electron chi connectivity index (χ2n) is 4.87. The predicted octanol–water partition coefficient (Wildman–Crippen LogP) is 3.03. The molecule has 0 fully saturated rings. The van der Waals surface area contributed by atoms with E-state index in [2.05, 4.69) is 10.1 Å². The Kier molecular flexibility index (Phi) is 4.11. The summed E-state index contributed by atoms with van der Waals surface area (Å²) in [7, 11) is 0. The number of benzene rings is 1. The van der Waals surface area contributed by atoms with Gasteiger partial charge in [0.05, 0.1) is 10.0 Å². The van der Waals surface area contributed by atoms with Crippen LogP contribution in [0.1, 0.15) is 29.1 Å². The molecular weight excluding hydrogens is 339 g/mol. The Morgan fingerprint density at radius 2 is 1.91 bits per heavy atom. The lowest BCUT2D eigenvalue weighted by Gasteiger charge is -2.16. The Bertz CT molecular complexity index is 874. The van der Waals surface area contributed by atoms with Crippen LogP contribution in [0.4, 0.5) is 0 Å². The summed E-state index contributed by atoms with van der Waals surface area (Å²) in [5, 5.41) is 5.51. The van der Waals surface area contributed by atoms with E-state index in [0.29, 0.717) is 26.5 Å². The zero-order valence-electron chi connectivity index (χ0n) is 12.0. The summed E-state index contributed by atoms with van der Waals surface area (Å²) in [6.07, 6.45) is 2.46. The number of fused-ring (bicyclic) bond motifs is 1. The molecule has 1 atom stereocenters. The molecule has 0 aliphatic rings. The van der Waals surface area contributed by atoms with Gasteiger partial charge in [-0.3, -0.25) is 9.78 Å². The minimum Gasteiger partial charge on any atom is -0.388 e. The van der Waals surface area contributed by atoms with Gasteiger partial charge in [0.1, 0.15) is 5.52 Å². The number of rotatable bonds is 4. The third-order valence-electron chi connectivity index (χ3n) is 3.34. The van der Waals surface area contributed by atoms with Gasteiger partial charge in [0, 0.05) is 23.3 Å². The fourth-order valence-corrected chi connectivity index (χ4v) is 2.99. The van der Waals surface area contributed by atoms with Crippen molar-refractivity contribution in [2.45, 2.75) is 13.0 Å². The van der Waals surface area contributed by atoms with Gasteiger partial charge >= 0.3 is 0 Å². The van der Waals surface area contributed by atoms with E-state index in [0.717, 1.165) is 0 Å². The average molecular weight is 351 g/mol. The van der Waals surface area contributed by atoms with Crippen molar-refractivity contribution in [2.75, 3.05) is 0 Å². The predicted molar refractivity (Wildman–Crippen MR) is 87.5 cm³/mol. The van der Waals surface area contributed by atoms with E-state index < -0.39 is 12.0 Å². The normalized spacial score (nSPS) is 12.3. The van der Waals surface area contributed by atoms with Crippen molar-refractivity contribution in [3.05, 3.63) is 58.0 Å². The molecule has 23 heavy (non-hydrogen) atoms. The molecule has 0 saturated carbocycles. The topological polar surface area (TPSA) is 83.0 Å². The number of para-hydroxylation sites is 1. The lowest BCUT2D eigenvalue weighted by Crippen LogP contribution is -2.19. The number of primary amides is 1. The molecule has 2 aromatic heterocycles. The van der Waals surface area contributed by atoms with Crippen LogP contribution in [0.3, 0.4) is 0 Å². The van der Waals surface area contributed by atoms with Crippen LogP contribution in [-0.2, 0) is 0 Å². The lowest BCUT2D eigenvalue weighted by atomic mass is 10.2. The van der Waals surface area contributed by atoms with Gasteiger partial charge in [-0.25, -0.2) is 0 Å². The number of aromatic nitrogens is 3. The Morgan fingerprint density at radius 1 is 1.26 bits per heavy atom. The van der Waals surface area contributed by atoms with Crippen molar-refractivity contribution in [3.63, 3.8) is 0 Å². The Morgan fingerprint density at radius 3 is 2.57 bits per heavy atom. The highest BCUT2D eigenvalue weighted by molar-refractivity contribution is 6.35. The van der Waals surface area contributed by atoms with Crippen LogP contribution in [0.5, 0.6) is 0 Å². The second-order valence-corrected chi connectivity index (χ2v) is 5.68. The maximum Gasteiger partial charge on any atom is 0.269 e. The average Bonchev–Trinajstić information content (AvgIpc) is 2.86. The maximum absolute atomic E-state index is 11.5. The van der Waals surface area contributed by atoms with Crippen LogP contribution >= 0.6 is 23.2 Å². The molecule has 3 rings (SSSR count). The van der Waals surface area contributed by atoms with Gasteiger partial charge in [-0.2, -0.15) is 0 Å². The number of nitrogens with two attached hydrogens (primary N) is 1. The van der Waals surface area contributed by atoms with Crippen molar-refractivity contribution < 1.29 is 9.63 Å². The summed E-state index contributed by atoms with van der Waals surface area (Å²) < 4.78 is 0. The van der Waals surface area contributed by atoms with Gasteiger partial charge in [-0.15, -0.1) is 5.10 Å². The van der Waals surface area contributed by atoms with E-state index >= 15 is 0 Å². The number of amides is 1. The fraction of sp³-hybridized carbons (Fsp3) is 0.133. The van der Waals surface area contributed by atoms with Crippen LogP contribution < -0.4 is 10.6 Å². The summed E-state index contributed by atoms with van der Waals surface area (Å²) in [6.45, 7) is 1.77. The summed E-state index contributed by atoms with van der Waals surface area (Å²) in [5.41, 5.74) is 6.71. The summed E-state index contributed by atoms with van der Waals surface area (Å²) in [5.74, 6) is -0.629. The van der Waals surface area contributed by atoms with Crippen molar-refractivity contribution in [2.24, 2.45) is 5.73 Å². The molecule has 0 radical (unpaired) electrons. The molecule has 1 unspecified atom stereocenters. The molecular formula is C15H12Cl2N4O2. The van der Waals surface area contributed by atoms with E-state index in [1.54, 1.807) is 25.1 Å². The van der Waals surface area contributed by atoms with Crippen molar-refractivity contribution in [1.82, 2.24) is 14.9 Å². The number of carbonyl (C=O) groups is 1. The van der Waals surface area contributed by atoms with Gasteiger partial charge < -0.3 is 10.6 Å². The third kappa shape index (κ3) is 2.83. The summed E-state index contributed by atoms with van der Waals surface area (Å²) in [6, 6.07) is 7.13. The molecule has 0 aliphatic heterocycles. The number of nitrogens with zero attached hydrogens (tertiary/aromatic N) is 3. The van der Waals surface area contributed by atoms with E-state index in [1.807, 2.05) is 6.07 Å². The van der Waals surface area contributed by atoms with Crippen LogP contribution in [0.15, 0.2) is 36.7 Å². The number of halogens is 2. The zero-order chi connectivity index (χ0) is 16.6. The molecule has 0 aliphatic carbocycles. The molecule has 3 aromatic rings. The molecule has 6 nitrogen and oxygen atoms in total. The largest absolute Gasteiger partial charge is 0.388 e. The highest BCUT2D eigenvalue weighted by Gasteiger charge is 2.20. The van der Waals surface area contributed by atoms with E-state index in [4.69, 9.17) is 33.8 Å². The molecule has 2 heterocycles. The zero-order valence-corrected chi connectivity index (χ0v) is 13.5. The third-order valence-corrected chi connectivity index (χ3v) is 3.95. The Labute approximate surface area is 141 Å². The summed E-state index contributed by atoms with van der Waals surface area (Å²) >= 11 is 12.3. The van der Waals surface area contributed by atoms with Gasteiger partial charge in [0.15, 0.2) is 11.8 Å². The first-order chi connectivity index (χ1) is 11.0. The maximum atomic E-state index is 11.5. The van der Waals surface area contributed by atoms with Gasteiger partial charge in [0.2, 0.25) is 0 Å². The first kappa shape index (κ1) is 15.6. The smallest absolute Gasteiger partial charge is 0.269 e. The number of hydrogen-bond donors (Lipinski definition) is 1. The lowest BCUT2D eigenvalue weighted by molar-refractivity contribution is 0.0320. The number of hydrogen-bond acceptors (Lipinski definition) is 4. The monoisotopic (exact) mass is 350 g/mol. The molecule has 1 amide bonds. The minimum atomic E-state index is -0.629. The standard InChI is InChI=1S/C15H12Cl2N4O2/c1-8(13-10(16)6-19-7-11(13)17)23-21-12-5-3-2-4-9(12)14(20-21)15(18)22/h2-8H,1H3,(H2,18,22). The van der Waals surface area contributed by atoms with E-state index in [-0.39, 0.29) is 5.69 Å². The molecule has 2 N–H and O–H groups in total. The van der Waals surface area contributed by atoms with E-state index in [9.17, 15) is 4.79 Å². The minimum absolute atomic E-state index is 0.139. The number of pyridine rings is 1. The van der Waals surface area contributed by atoms with Gasteiger partial charge in [-0.05, 0) is 13.0 Å². The van der Waals surface area contributed by atoms with Crippen molar-refractivity contribution in [3.8, 4) is 0 Å². The summed E-state index contributed by atoms with van der Waals surface area (Å²) in [4.78, 5) is 22.5. The van der Waals surface area contributed by atoms with E-state index in [1.165, 1.54) is 17.2 Å². The van der Waals surface area contributed by atoms with Gasteiger partial charge in [0.25, 0.3) is 5.91 Å². The first-order valence-electron chi connectivity index (χ1n) is 6.72. The fourth-order valence-electron chi connectivity index (χ4n) is 2.31. The Balaban J connectivity index is 2.03. The van der Waals surface area contributed by atoms with Crippen LogP contribution in [-0.4, -0.2) is 20.8 Å². The quantitative estimate of drug-likeness (QED) is 0.783. The first-order valence-corrected chi connectivity index (χ1v) is 7.48. The second kappa shape index (κ2) is 6.06. The molecule has 0 bridgehead atoms. The highest BCUT2D eigenvalue weighted by Crippen LogP contribution is 2.30. The van der Waals surface area contributed by atoms with Crippen LogP contribution in [0.2, 0.25) is 10.0 Å². The molecule has 0 saturated heterocycles. The SMILES string of the molecule is CC(On1nc(C(N)=O)c2ccccc21)c1c(Cl)cncc1Cl. The highest BCUT2D eigenvalue weighted by atomic mass is 35.5.